The van der Waals surface area contributed by atoms with E-state index in [0.717, 1.165) is 49.7 Å². The molecule has 1 aliphatic heterocycles. The molecule has 4 rings (SSSR count). The maximum Gasteiger partial charge on any atom is 0.261 e. The third-order valence-corrected chi connectivity index (χ3v) is 4.72. The van der Waals surface area contributed by atoms with Crippen LogP contribution in [-0.2, 0) is 0 Å². The molecular weight excluding hydrogens is 303 g/mol. The Balaban J connectivity index is 0.00000144. The molecule has 5 heteroatoms. The molecule has 1 N–H and O–H groups in total. The molecule has 118 valence electrons. The summed E-state index contributed by atoms with van der Waals surface area (Å²) in [6.45, 7) is 1.78. The number of fused-ring (bicyclic) bond motifs is 1. The van der Waals surface area contributed by atoms with Crippen LogP contribution in [0.3, 0.4) is 0 Å². The van der Waals surface area contributed by atoms with Gasteiger partial charge in [0.1, 0.15) is 5.82 Å². The summed E-state index contributed by atoms with van der Waals surface area (Å²) >= 11 is 0. The fourth-order valence-electron chi connectivity index (χ4n) is 3.38. The highest BCUT2D eigenvalue weighted by atomic mass is 35.5. The first kappa shape index (κ1) is 15.5. The average molecular weight is 323 g/mol. The van der Waals surface area contributed by atoms with Crippen LogP contribution in [0.1, 0.15) is 43.2 Å². The molecule has 0 amide bonds. The summed E-state index contributed by atoms with van der Waals surface area (Å²) in [4.78, 5) is 12.6. The molecule has 1 saturated heterocycles. The van der Waals surface area contributed by atoms with Gasteiger partial charge in [0.15, 0.2) is 0 Å². The highest BCUT2D eigenvalue weighted by molar-refractivity contribution is 5.85. The van der Waals surface area contributed by atoms with Crippen LogP contribution in [0.5, 0.6) is 0 Å². The van der Waals surface area contributed by atoms with Crippen molar-refractivity contribution >= 4 is 23.2 Å². The van der Waals surface area contributed by atoms with Gasteiger partial charge in [-0.15, -0.1) is 12.4 Å². The van der Waals surface area contributed by atoms with Crippen molar-refractivity contribution in [3.05, 3.63) is 46.1 Å². The van der Waals surface area contributed by atoms with E-state index >= 15 is 0 Å². The Labute approximate surface area is 134 Å². The second-order valence-corrected chi connectivity index (χ2v) is 6.27. The van der Waals surface area contributed by atoms with E-state index in [0.29, 0.717) is 5.92 Å². The number of rotatable bonds is 2. The number of nitrogens with zero attached hydrogens (tertiary/aromatic N) is 1. The third kappa shape index (κ3) is 2.66. The summed E-state index contributed by atoms with van der Waals surface area (Å²) < 4.78 is 16.1. The number of pyridine rings is 1. The van der Waals surface area contributed by atoms with Gasteiger partial charge in [-0.25, -0.2) is 4.39 Å². The molecule has 1 aliphatic carbocycles. The Morgan fingerprint density at radius 3 is 2.73 bits per heavy atom. The van der Waals surface area contributed by atoms with Gasteiger partial charge in [0.05, 0.1) is 5.39 Å². The quantitative estimate of drug-likeness (QED) is 0.920. The Bertz CT molecular complexity index is 748. The molecule has 2 heterocycles. The van der Waals surface area contributed by atoms with Crippen molar-refractivity contribution in [3.8, 4) is 0 Å². The SMILES string of the molecule is Cl.O=c1c2c(F)cc(C3CC3)cc2ccn1C1CCCNC1. The van der Waals surface area contributed by atoms with Crippen molar-refractivity contribution in [2.75, 3.05) is 13.1 Å². The van der Waals surface area contributed by atoms with Crippen LogP contribution in [-0.4, -0.2) is 17.7 Å². The van der Waals surface area contributed by atoms with Gasteiger partial charge in [-0.3, -0.25) is 4.79 Å². The molecule has 0 radical (unpaired) electrons. The first-order valence-electron chi connectivity index (χ1n) is 7.79. The number of nitrogens with one attached hydrogen (secondary N) is 1. The Hall–Kier alpha value is -1.39. The zero-order chi connectivity index (χ0) is 14.4. The second-order valence-electron chi connectivity index (χ2n) is 6.27. The summed E-state index contributed by atoms with van der Waals surface area (Å²) in [7, 11) is 0. The summed E-state index contributed by atoms with van der Waals surface area (Å²) in [5.74, 6) is 0.131. The smallest absolute Gasteiger partial charge is 0.261 e. The van der Waals surface area contributed by atoms with E-state index in [4.69, 9.17) is 0 Å². The predicted molar refractivity (Wildman–Crippen MR) is 88.5 cm³/mol. The number of halogens is 2. The molecule has 2 fully saturated rings. The molecule has 0 bridgehead atoms. The maximum absolute atomic E-state index is 14.4. The van der Waals surface area contributed by atoms with Gasteiger partial charge in [-0.2, -0.15) is 0 Å². The molecule has 1 saturated carbocycles. The van der Waals surface area contributed by atoms with Crippen molar-refractivity contribution < 1.29 is 4.39 Å². The summed E-state index contributed by atoms with van der Waals surface area (Å²) in [6, 6.07) is 5.57. The van der Waals surface area contributed by atoms with Crippen molar-refractivity contribution in [1.29, 1.82) is 0 Å². The largest absolute Gasteiger partial charge is 0.315 e. The fourth-order valence-corrected chi connectivity index (χ4v) is 3.38. The molecule has 1 aromatic heterocycles. The molecule has 1 atom stereocenters. The molecule has 2 aliphatic rings. The third-order valence-electron chi connectivity index (χ3n) is 4.72. The van der Waals surface area contributed by atoms with Gasteiger partial charge in [0.25, 0.3) is 5.56 Å². The van der Waals surface area contributed by atoms with Gasteiger partial charge in [0.2, 0.25) is 0 Å². The second kappa shape index (κ2) is 6.01. The lowest BCUT2D eigenvalue weighted by Gasteiger charge is -2.25. The zero-order valence-electron chi connectivity index (χ0n) is 12.3. The first-order chi connectivity index (χ1) is 10.2. The average Bonchev–Trinajstić information content (AvgIpc) is 3.32. The van der Waals surface area contributed by atoms with E-state index in [1.165, 1.54) is 0 Å². The minimum atomic E-state index is -0.363. The number of hydrogen-bond donors (Lipinski definition) is 1. The van der Waals surface area contributed by atoms with Crippen molar-refractivity contribution in [2.45, 2.75) is 37.6 Å². The molecule has 2 aromatic rings. The van der Waals surface area contributed by atoms with E-state index in [2.05, 4.69) is 5.32 Å². The lowest BCUT2D eigenvalue weighted by molar-refractivity contribution is 0.365. The topological polar surface area (TPSA) is 34.0 Å². The molecule has 0 spiro atoms. The lowest BCUT2D eigenvalue weighted by atomic mass is 10.0. The number of piperidine rings is 1. The number of benzene rings is 1. The predicted octanol–water partition coefficient (Wildman–Crippen LogP) is 3.36. The van der Waals surface area contributed by atoms with Gasteiger partial charge in [0, 0.05) is 18.8 Å². The van der Waals surface area contributed by atoms with Crippen LogP contribution in [0.4, 0.5) is 4.39 Å². The first-order valence-corrected chi connectivity index (χ1v) is 7.79. The molecule has 3 nitrogen and oxygen atoms in total. The van der Waals surface area contributed by atoms with E-state index in [1.54, 1.807) is 10.6 Å². The van der Waals surface area contributed by atoms with E-state index in [9.17, 15) is 9.18 Å². The lowest BCUT2D eigenvalue weighted by Crippen LogP contribution is -2.36. The minimum Gasteiger partial charge on any atom is -0.315 e. The van der Waals surface area contributed by atoms with Gasteiger partial charge in [-0.1, -0.05) is 6.07 Å². The van der Waals surface area contributed by atoms with Crippen LogP contribution in [0.2, 0.25) is 0 Å². The van der Waals surface area contributed by atoms with Crippen LogP contribution in [0.25, 0.3) is 10.8 Å². The summed E-state index contributed by atoms with van der Waals surface area (Å²) in [5.41, 5.74) is 0.845. The Morgan fingerprint density at radius 2 is 2.05 bits per heavy atom. The zero-order valence-corrected chi connectivity index (χ0v) is 13.2. The Morgan fingerprint density at radius 1 is 1.23 bits per heavy atom. The Kier molecular flexibility index (Phi) is 4.24. The number of aromatic nitrogens is 1. The number of hydrogen-bond acceptors (Lipinski definition) is 2. The van der Waals surface area contributed by atoms with Crippen LogP contribution in [0, 0.1) is 5.82 Å². The summed E-state index contributed by atoms with van der Waals surface area (Å²) in [6.07, 6.45) is 6.13. The van der Waals surface area contributed by atoms with Gasteiger partial charge in [-0.05, 0) is 61.2 Å². The highest BCUT2D eigenvalue weighted by Crippen LogP contribution is 2.41. The summed E-state index contributed by atoms with van der Waals surface area (Å²) in [5, 5.41) is 4.28. The fraction of sp³-hybridized carbons (Fsp3) is 0.471. The highest BCUT2D eigenvalue weighted by Gasteiger charge is 2.25. The van der Waals surface area contributed by atoms with E-state index < -0.39 is 0 Å². The van der Waals surface area contributed by atoms with Crippen molar-refractivity contribution in [3.63, 3.8) is 0 Å². The molecular formula is C17H20ClFN2O. The minimum absolute atomic E-state index is 0. The van der Waals surface area contributed by atoms with Crippen LogP contribution < -0.4 is 10.9 Å². The molecule has 1 unspecified atom stereocenters. The van der Waals surface area contributed by atoms with Crippen molar-refractivity contribution in [1.82, 2.24) is 9.88 Å². The molecule has 1 aromatic carbocycles. The van der Waals surface area contributed by atoms with Crippen LogP contribution >= 0.6 is 12.4 Å². The van der Waals surface area contributed by atoms with Crippen molar-refractivity contribution in [2.24, 2.45) is 0 Å². The normalized spacial score (nSPS) is 21.6. The van der Waals surface area contributed by atoms with E-state index in [1.807, 2.05) is 18.3 Å². The van der Waals surface area contributed by atoms with Crippen LogP contribution in [0.15, 0.2) is 29.2 Å². The van der Waals surface area contributed by atoms with E-state index in [-0.39, 0.29) is 35.2 Å². The molecule has 22 heavy (non-hydrogen) atoms. The standard InChI is InChI=1S/C17H19FN2O.ClH/c18-15-9-13(11-3-4-11)8-12-5-7-20(17(21)16(12)15)14-2-1-6-19-10-14;/h5,7-9,11,14,19H,1-4,6,10H2;1H. The van der Waals surface area contributed by atoms with Gasteiger partial charge < -0.3 is 9.88 Å². The maximum atomic E-state index is 14.4. The monoisotopic (exact) mass is 322 g/mol. The van der Waals surface area contributed by atoms with Gasteiger partial charge >= 0.3 is 0 Å².